The van der Waals surface area contributed by atoms with Crippen molar-refractivity contribution < 1.29 is 8.42 Å². The molecule has 0 aliphatic carbocycles. The minimum atomic E-state index is -3.32. The quantitative estimate of drug-likeness (QED) is 0.733. The van der Waals surface area contributed by atoms with Crippen molar-refractivity contribution in [1.82, 2.24) is 4.31 Å². The molecule has 0 atom stereocenters. The van der Waals surface area contributed by atoms with Crippen molar-refractivity contribution >= 4 is 41.9 Å². The third-order valence-electron chi connectivity index (χ3n) is 3.25. The third-order valence-corrected chi connectivity index (χ3v) is 7.43. The molecule has 0 N–H and O–H groups in total. The molecule has 100 valence electrons. The fourth-order valence-electron chi connectivity index (χ4n) is 1.94. The summed E-state index contributed by atoms with van der Waals surface area (Å²) in [5.74, 6) is 0. The van der Waals surface area contributed by atoms with Gasteiger partial charge in [0.05, 0.1) is 4.90 Å². The summed E-state index contributed by atoms with van der Waals surface area (Å²) in [6.07, 6.45) is 0. The van der Waals surface area contributed by atoms with Crippen LogP contribution in [0.15, 0.2) is 29.2 Å². The number of halogens is 2. The molecule has 0 radical (unpaired) electrons. The molecule has 1 aliphatic rings. The van der Waals surface area contributed by atoms with Crippen molar-refractivity contribution in [2.45, 2.75) is 11.8 Å². The molecular weight excluding hydrogens is 382 g/mol. The van der Waals surface area contributed by atoms with E-state index in [1.54, 1.807) is 16.4 Å². The highest BCUT2D eigenvalue weighted by atomic mass is 79.9. The van der Waals surface area contributed by atoms with Gasteiger partial charge in [-0.1, -0.05) is 49.6 Å². The van der Waals surface area contributed by atoms with Crippen LogP contribution in [0.3, 0.4) is 0 Å². The molecule has 1 fully saturated rings. The highest BCUT2D eigenvalue weighted by molar-refractivity contribution is 9.09. The predicted octanol–water partition coefficient (Wildman–Crippen LogP) is 2.78. The molecule has 18 heavy (non-hydrogen) atoms. The fourth-order valence-corrected chi connectivity index (χ4v) is 5.24. The van der Waals surface area contributed by atoms with E-state index in [4.69, 9.17) is 0 Å². The Morgan fingerprint density at radius 2 is 1.67 bits per heavy atom. The first-order valence-electron chi connectivity index (χ1n) is 5.62. The van der Waals surface area contributed by atoms with Crippen molar-refractivity contribution in [3.05, 3.63) is 29.8 Å². The van der Waals surface area contributed by atoms with Gasteiger partial charge in [-0.2, -0.15) is 4.31 Å². The van der Waals surface area contributed by atoms with Gasteiger partial charge in [-0.25, -0.2) is 8.42 Å². The van der Waals surface area contributed by atoms with Gasteiger partial charge in [-0.15, -0.1) is 0 Å². The summed E-state index contributed by atoms with van der Waals surface area (Å²) in [6.45, 7) is 3.08. The lowest BCUT2D eigenvalue weighted by Gasteiger charge is -2.47. The first kappa shape index (κ1) is 14.5. The molecular formula is C12H15Br2NO2S. The highest BCUT2D eigenvalue weighted by Gasteiger charge is 2.46. The van der Waals surface area contributed by atoms with E-state index in [1.165, 1.54) is 0 Å². The van der Waals surface area contributed by atoms with E-state index in [2.05, 4.69) is 31.9 Å². The van der Waals surface area contributed by atoms with Gasteiger partial charge in [-0.05, 0) is 19.1 Å². The molecule has 0 saturated carbocycles. The van der Waals surface area contributed by atoms with Gasteiger partial charge >= 0.3 is 0 Å². The average Bonchev–Trinajstić information content (AvgIpc) is 2.29. The van der Waals surface area contributed by atoms with E-state index in [-0.39, 0.29) is 5.41 Å². The zero-order valence-electron chi connectivity index (χ0n) is 10.1. The SMILES string of the molecule is Cc1ccc(S(=O)(=O)N2CC(CBr)(CBr)C2)cc1. The molecule has 3 nitrogen and oxygen atoms in total. The van der Waals surface area contributed by atoms with Crippen molar-refractivity contribution in [2.24, 2.45) is 5.41 Å². The number of rotatable bonds is 4. The topological polar surface area (TPSA) is 37.4 Å². The van der Waals surface area contributed by atoms with E-state index >= 15 is 0 Å². The molecule has 1 aromatic rings. The van der Waals surface area contributed by atoms with Crippen LogP contribution in [-0.2, 0) is 10.0 Å². The standard InChI is InChI=1S/C12H15Br2NO2S/c1-10-2-4-11(5-3-10)18(16,17)15-8-12(6-13,7-14)9-15/h2-5H,6-9H2,1H3. The second-order valence-corrected chi connectivity index (χ2v) is 7.91. The summed E-state index contributed by atoms with van der Waals surface area (Å²) in [6, 6.07) is 7.00. The maximum Gasteiger partial charge on any atom is 0.243 e. The molecule has 0 unspecified atom stereocenters. The fraction of sp³-hybridized carbons (Fsp3) is 0.500. The summed E-state index contributed by atoms with van der Waals surface area (Å²) >= 11 is 6.90. The van der Waals surface area contributed by atoms with Crippen molar-refractivity contribution in [3.8, 4) is 0 Å². The Morgan fingerprint density at radius 3 is 2.11 bits per heavy atom. The van der Waals surface area contributed by atoms with Crippen LogP contribution in [0.2, 0.25) is 0 Å². The van der Waals surface area contributed by atoms with Gasteiger partial charge in [0.2, 0.25) is 10.0 Å². The summed E-state index contributed by atoms with van der Waals surface area (Å²) in [5.41, 5.74) is 1.10. The van der Waals surface area contributed by atoms with Gasteiger partial charge < -0.3 is 0 Å². The smallest absolute Gasteiger partial charge is 0.207 e. The van der Waals surface area contributed by atoms with E-state index in [0.717, 1.165) is 16.2 Å². The number of sulfonamides is 1. The van der Waals surface area contributed by atoms with Crippen molar-refractivity contribution in [2.75, 3.05) is 23.7 Å². The van der Waals surface area contributed by atoms with E-state index < -0.39 is 10.0 Å². The second-order valence-electron chi connectivity index (χ2n) is 4.85. The third kappa shape index (κ3) is 2.53. The predicted molar refractivity (Wildman–Crippen MR) is 80.0 cm³/mol. The summed E-state index contributed by atoms with van der Waals surface area (Å²) in [7, 11) is -3.32. The lowest BCUT2D eigenvalue weighted by atomic mass is 9.87. The largest absolute Gasteiger partial charge is 0.243 e. The average molecular weight is 397 g/mol. The first-order valence-corrected chi connectivity index (χ1v) is 9.31. The van der Waals surface area contributed by atoms with Crippen LogP contribution in [0.5, 0.6) is 0 Å². The lowest BCUT2D eigenvalue weighted by Crippen LogP contribution is -2.60. The van der Waals surface area contributed by atoms with Gasteiger partial charge in [0.15, 0.2) is 0 Å². The molecule has 2 rings (SSSR count). The van der Waals surface area contributed by atoms with Crippen molar-refractivity contribution in [1.29, 1.82) is 0 Å². The Morgan fingerprint density at radius 1 is 1.17 bits per heavy atom. The number of nitrogens with zero attached hydrogens (tertiary/aromatic N) is 1. The number of alkyl halides is 2. The minimum Gasteiger partial charge on any atom is -0.207 e. The van der Waals surface area contributed by atoms with Gasteiger partial charge in [0.1, 0.15) is 0 Å². The Hall–Kier alpha value is 0.0900. The molecule has 6 heteroatoms. The minimum absolute atomic E-state index is 0.0395. The molecule has 1 saturated heterocycles. The molecule has 0 aromatic heterocycles. The molecule has 0 amide bonds. The second kappa shape index (κ2) is 5.23. The van der Waals surface area contributed by atoms with Crippen molar-refractivity contribution in [3.63, 3.8) is 0 Å². The normalized spacial score (nSPS) is 19.5. The maximum absolute atomic E-state index is 12.3. The highest BCUT2D eigenvalue weighted by Crippen LogP contribution is 2.37. The maximum atomic E-state index is 12.3. The Labute approximate surface area is 125 Å². The summed E-state index contributed by atoms with van der Waals surface area (Å²) in [5, 5.41) is 1.62. The molecule has 0 bridgehead atoms. The van der Waals surface area contributed by atoms with E-state index in [0.29, 0.717) is 18.0 Å². The van der Waals surface area contributed by atoms with Crippen LogP contribution in [0.1, 0.15) is 5.56 Å². The number of aryl methyl sites for hydroxylation is 1. The number of hydrogen-bond donors (Lipinski definition) is 0. The molecule has 1 aliphatic heterocycles. The number of hydrogen-bond acceptors (Lipinski definition) is 2. The van der Waals surface area contributed by atoms with Gasteiger partial charge in [0.25, 0.3) is 0 Å². The Bertz CT molecular complexity index is 516. The van der Waals surface area contributed by atoms with Crippen LogP contribution >= 0.6 is 31.9 Å². The van der Waals surface area contributed by atoms with Crippen LogP contribution < -0.4 is 0 Å². The van der Waals surface area contributed by atoms with Crippen LogP contribution in [-0.4, -0.2) is 36.5 Å². The first-order chi connectivity index (χ1) is 8.43. The Kier molecular flexibility index (Phi) is 4.21. The molecule has 1 heterocycles. The van der Waals surface area contributed by atoms with Gasteiger partial charge in [-0.3, -0.25) is 0 Å². The monoisotopic (exact) mass is 395 g/mol. The van der Waals surface area contributed by atoms with Crippen LogP contribution in [0, 0.1) is 12.3 Å². The van der Waals surface area contributed by atoms with Crippen LogP contribution in [0.4, 0.5) is 0 Å². The molecule has 0 spiro atoms. The van der Waals surface area contributed by atoms with E-state index in [1.807, 2.05) is 19.1 Å². The Balaban J connectivity index is 2.17. The zero-order valence-corrected chi connectivity index (χ0v) is 14.1. The molecule has 1 aromatic carbocycles. The van der Waals surface area contributed by atoms with E-state index in [9.17, 15) is 8.42 Å². The summed E-state index contributed by atoms with van der Waals surface area (Å²) in [4.78, 5) is 0.380. The van der Waals surface area contributed by atoms with Crippen LogP contribution in [0.25, 0.3) is 0 Å². The lowest BCUT2D eigenvalue weighted by molar-refractivity contribution is 0.124. The zero-order chi connectivity index (χ0) is 13.4. The number of benzene rings is 1. The van der Waals surface area contributed by atoms with Gasteiger partial charge in [0, 0.05) is 29.2 Å². The summed E-state index contributed by atoms with van der Waals surface area (Å²) < 4.78 is 26.2.